The zero-order chi connectivity index (χ0) is 17.6. The molecule has 0 bridgehead atoms. The summed E-state index contributed by atoms with van der Waals surface area (Å²) in [4.78, 5) is 10.9. The van der Waals surface area contributed by atoms with Crippen LogP contribution in [0.5, 0.6) is 0 Å². The Kier molecular flexibility index (Phi) is 5.50. The molecular weight excluding hydrogens is 336 g/mol. The lowest BCUT2D eigenvalue weighted by molar-refractivity contribution is -0.386. The molecule has 1 unspecified atom stereocenters. The van der Waals surface area contributed by atoms with Gasteiger partial charge in [0.15, 0.2) is 5.69 Å². The van der Waals surface area contributed by atoms with Gasteiger partial charge in [-0.2, -0.15) is 0 Å². The van der Waals surface area contributed by atoms with Crippen molar-refractivity contribution in [2.24, 2.45) is 0 Å². The van der Waals surface area contributed by atoms with Gasteiger partial charge in [0, 0.05) is 17.4 Å². The van der Waals surface area contributed by atoms with Crippen LogP contribution in [0.15, 0.2) is 65.2 Å². The first-order chi connectivity index (χ1) is 12.1. The molecule has 128 valence electrons. The molecule has 0 radical (unpaired) electrons. The minimum atomic E-state index is -0.412. The zero-order valence-corrected chi connectivity index (χ0v) is 14.6. The number of benzene rings is 2. The smallest absolute Gasteiger partial charge is 0.334 e. The minimum absolute atomic E-state index is 0.0127. The highest BCUT2D eigenvalue weighted by Gasteiger charge is 2.27. The molecule has 0 saturated carbocycles. The van der Waals surface area contributed by atoms with Gasteiger partial charge in [-0.25, -0.2) is 0 Å². The summed E-state index contributed by atoms with van der Waals surface area (Å²) in [6, 6.07) is 20.2. The van der Waals surface area contributed by atoms with Crippen LogP contribution in [0, 0.1) is 17.0 Å². The Bertz CT molecular complexity index is 834. The molecule has 25 heavy (non-hydrogen) atoms. The summed E-state index contributed by atoms with van der Waals surface area (Å²) in [5, 5.41) is 15.1. The molecule has 1 heterocycles. The number of aromatic nitrogens is 1. The van der Waals surface area contributed by atoms with Crippen LogP contribution in [0.4, 0.5) is 5.69 Å². The highest BCUT2D eigenvalue weighted by Crippen LogP contribution is 2.37. The van der Waals surface area contributed by atoms with Gasteiger partial charge in [0.2, 0.25) is 5.76 Å². The standard InChI is InChI=1S/C19H18N2O3S/c1-14-19(21(22)23)17(24-20-14)12-18(16-10-6-3-7-11-16)25-13-15-8-4-2-5-9-15/h2-11,18H,12-13H2,1H3. The fourth-order valence-electron chi connectivity index (χ4n) is 2.66. The molecule has 5 nitrogen and oxygen atoms in total. The molecule has 2 aromatic carbocycles. The lowest BCUT2D eigenvalue weighted by atomic mass is 10.1. The lowest BCUT2D eigenvalue weighted by Crippen LogP contribution is -2.02. The first-order valence-electron chi connectivity index (χ1n) is 7.95. The number of aryl methyl sites for hydroxylation is 1. The van der Waals surface area contributed by atoms with Crippen LogP contribution in [0.25, 0.3) is 0 Å². The molecule has 1 atom stereocenters. The summed E-state index contributed by atoms with van der Waals surface area (Å²) >= 11 is 1.74. The van der Waals surface area contributed by atoms with Crippen molar-refractivity contribution in [2.75, 3.05) is 0 Å². The second kappa shape index (κ2) is 7.98. The van der Waals surface area contributed by atoms with E-state index >= 15 is 0 Å². The van der Waals surface area contributed by atoms with Crippen LogP contribution in [0.3, 0.4) is 0 Å². The Morgan fingerprint density at radius 1 is 1.12 bits per heavy atom. The van der Waals surface area contributed by atoms with Gasteiger partial charge >= 0.3 is 5.69 Å². The van der Waals surface area contributed by atoms with Crippen molar-refractivity contribution in [2.45, 2.75) is 24.3 Å². The summed E-state index contributed by atoms with van der Waals surface area (Å²) in [6.45, 7) is 1.60. The summed E-state index contributed by atoms with van der Waals surface area (Å²) in [7, 11) is 0. The molecule has 3 aromatic rings. The highest BCUT2D eigenvalue weighted by atomic mass is 32.2. The van der Waals surface area contributed by atoms with Crippen LogP contribution in [-0.4, -0.2) is 10.1 Å². The second-order valence-corrected chi connectivity index (χ2v) is 6.89. The zero-order valence-electron chi connectivity index (χ0n) is 13.8. The fourth-order valence-corrected chi connectivity index (χ4v) is 3.86. The third-order valence-corrected chi connectivity index (χ3v) is 5.26. The van der Waals surface area contributed by atoms with Crippen molar-refractivity contribution in [1.82, 2.24) is 5.16 Å². The van der Waals surface area contributed by atoms with Crippen LogP contribution >= 0.6 is 11.8 Å². The molecule has 0 aliphatic carbocycles. The number of thioether (sulfide) groups is 1. The van der Waals surface area contributed by atoms with Gasteiger partial charge in [0.05, 0.1) is 4.92 Å². The van der Waals surface area contributed by atoms with Gasteiger partial charge in [-0.15, -0.1) is 11.8 Å². The molecule has 3 rings (SSSR count). The minimum Gasteiger partial charge on any atom is -0.354 e. The first-order valence-corrected chi connectivity index (χ1v) is 9.00. The average Bonchev–Trinajstić information content (AvgIpc) is 3.00. The highest BCUT2D eigenvalue weighted by molar-refractivity contribution is 7.98. The normalized spacial score (nSPS) is 12.0. The van der Waals surface area contributed by atoms with E-state index in [0.717, 1.165) is 11.3 Å². The number of hydrogen-bond acceptors (Lipinski definition) is 5. The number of rotatable bonds is 7. The largest absolute Gasteiger partial charge is 0.354 e. The van der Waals surface area contributed by atoms with Gasteiger partial charge in [-0.1, -0.05) is 65.8 Å². The van der Waals surface area contributed by atoms with Crippen LogP contribution in [-0.2, 0) is 12.2 Å². The predicted molar refractivity (Wildman–Crippen MR) is 98.5 cm³/mol. The predicted octanol–water partition coefficient (Wildman–Crippen LogP) is 5.11. The van der Waals surface area contributed by atoms with Gasteiger partial charge in [-0.05, 0) is 18.1 Å². The van der Waals surface area contributed by atoms with Crippen molar-refractivity contribution >= 4 is 17.4 Å². The fraction of sp³-hybridized carbons (Fsp3) is 0.211. The maximum absolute atomic E-state index is 11.3. The molecular formula is C19H18N2O3S. The molecule has 0 fully saturated rings. The molecule has 6 heteroatoms. The summed E-state index contributed by atoms with van der Waals surface area (Å²) in [5.41, 5.74) is 2.64. The van der Waals surface area contributed by atoms with Crippen molar-refractivity contribution in [3.8, 4) is 0 Å². The molecule has 0 spiro atoms. The van der Waals surface area contributed by atoms with Crippen molar-refractivity contribution in [1.29, 1.82) is 0 Å². The maximum atomic E-state index is 11.3. The Hall–Kier alpha value is -2.60. The molecule has 0 saturated heterocycles. The summed E-state index contributed by atoms with van der Waals surface area (Å²) < 4.78 is 5.26. The Labute approximate surface area is 150 Å². The van der Waals surface area contributed by atoms with E-state index in [-0.39, 0.29) is 10.9 Å². The van der Waals surface area contributed by atoms with E-state index in [1.165, 1.54) is 5.56 Å². The molecule has 0 aliphatic rings. The summed E-state index contributed by atoms with van der Waals surface area (Å²) in [5.74, 6) is 1.15. The van der Waals surface area contributed by atoms with E-state index in [4.69, 9.17) is 4.52 Å². The topological polar surface area (TPSA) is 69.2 Å². The van der Waals surface area contributed by atoms with E-state index < -0.39 is 4.92 Å². The van der Waals surface area contributed by atoms with Gasteiger partial charge in [0.25, 0.3) is 0 Å². The average molecular weight is 354 g/mol. The van der Waals surface area contributed by atoms with E-state index in [1.807, 2.05) is 48.5 Å². The number of nitrogens with zero attached hydrogens (tertiary/aromatic N) is 2. The number of hydrogen-bond donors (Lipinski definition) is 0. The quantitative estimate of drug-likeness (QED) is 0.436. The third-order valence-electron chi connectivity index (χ3n) is 3.92. The SMILES string of the molecule is Cc1noc(CC(SCc2ccccc2)c2ccccc2)c1[N+](=O)[O-]. The van der Waals surface area contributed by atoms with Crippen molar-refractivity contribution in [3.63, 3.8) is 0 Å². The Balaban J connectivity index is 1.83. The van der Waals surface area contributed by atoms with Crippen LogP contribution in [0.1, 0.15) is 27.8 Å². The Morgan fingerprint density at radius 3 is 2.40 bits per heavy atom. The van der Waals surface area contributed by atoms with Crippen LogP contribution < -0.4 is 0 Å². The van der Waals surface area contributed by atoms with E-state index in [9.17, 15) is 10.1 Å². The summed E-state index contributed by atoms with van der Waals surface area (Å²) in [6.07, 6.45) is 0.429. The first kappa shape index (κ1) is 17.2. The van der Waals surface area contributed by atoms with E-state index in [1.54, 1.807) is 18.7 Å². The molecule has 0 amide bonds. The van der Waals surface area contributed by atoms with Crippen LogP contribution in [0.2, 0.25) is 0 Å². The Morgan fingerprint density at radius 2 is 1.76 bits per heavy atom. The molecule has 0 aliphatic heterocycles. The van der Waals surface area contributed by atoms with E-state index in [0.29, 0.717) is 17.9 Å². The second-order valence-electron chi connectivity index (χ2n) is 5.70. The van der Waals surface area contributed by atoms with Gasteiger partial charge in [0.1, 0.15) is 0 Å². The lowest BCUT2D eigenvalue weighted by Gasteiger charge is -2.15. The van der Waals surface area contributed by atoms with Crippen molar-refractivity contribution in [3.05, 3.63) is 93.4 Å². The van der Waals surface area contributed by atoms with Crippen molar-refractivity contribution < 1.29 is 9.45 Å². The molecule has 0 N–H and O–H groups in total. The van der Waals surface area contributed by atoms with Gasteiger partial charge < -0.3 is 4.52 Å². The van der Waals surface area contributed by atoms with Gasteiger partial charge in [-0.3, -0.25) is 10.1 Å². The number of nitro groups is 1. The maximum Gasteiger partial charge on any atom is 0.334 e. The van der Waals surface area contributed by atoms with E-state index in [2.05, 4.69) is 17.3 Å². The molecule has 1 aromatic heterocycles. The third kappa shape index (κ3) is 4.28. The monoisotopic (exact) mass is 354 g/mol.